The number of esters is 1. The summed E-state index contributed by atoms with van der Waals surface area (Å²) < 4.78 is 5.73. The number of nitrogens with zero attached hydrogens (tertiary/aromatic N) is 4. The first kappa shape index (κ1) is 84.6. The number of thiol groups is 1. The summed E-state index contributed by atoms with van der Waals surface area (Å²) in [5, 5.41) is 49.7. The van der Waals surface area contributed by atoms with E-state index < -0.39 is 28.2 Å². The van der Waals surface area contributed by atoms with Crippen LogP contribution >= 0.6 is 72.3 Å². The summed E-state index contributed by atoms with van der Waals surface area (Å²) in [4.78, 5) is 63.2. The number of nitrogens with one attached hydrogen (secondary N) is 4. The van der Waals surface area contributed by atoms with Gasteiger partial charge < -0.3 is 54.7 Å². The number of fused-ring (bicyclic) bond motifs is 16. The van der Waals surface area contributed by atoms with Gasteiger partial charge in [-0.25, -0.2) is 0 Å². The van der Waals surface area contributed by atoms with Gasteiger partial charge in [0.05, 0.1) is 29.9 Å². The largest absolute Gasteiger partial charge is 1.00 e. The first-order chi connectivity index (χ1) is 51.0. The number of piperidine rings is 8. The van der Waals surface area contributed by atoms with Crippen molar-refractivity contribution in [2.45, 2.75) is 204 Å². The number of halogens is 4. The van der Waals surface area contributed by atoms with Crippen LogP contribution < -0.4 is 47.9 Å². The molecule has 12 unspecified atom stereocenters. The molecule has 6 N–H and O–H groups in total. The van der Waals surface area contributed by atoms with E-state index in [-0.39, 0.29) is 83.2 Å². The number of hydrogen-bond donors (Lipinski definition) is 7. The second-order valence-electron chi connectivity index (χ2n) is 33.8. The molecule has 8 saturated heterocycles. The number of benzene rings is 4. The van der Waals surface area contributed by atoms with Gasteiger partial charge in [-0.2, -0.15) is 12.6 Å². The molecule has 109 heavy (non-hydrogen) atoms. The van der Waals surface area contributed by atoms with E-state index in [1.807, 2.05) is 18.2 Å². The Balaban J connectivity index is 0.000000130. The summed E-state index contributed by atoms with van der Waals surface area (Å²) in [6.07, 6.45) is 18.2. The number of carboxylic acid groups (broad SMARTS) is 2. The fourth-order valence-corrected chi connectivity index (χ4v) is 24.5. The molecule has 12 fully saturated rings. The number of phenols is 2. The Morgan fingerprint density at radius 3 is 1.26 bits per heavy atom. The van der Waals surface area contributed by atoms with Crippen molar-refractivity contribution in [3.05, 3.63) is 129 Å². The molecular formula is C85H109BBr3ClLi2N8O8S. The van der Waals surface area contributed by atoms with Crippen LogP contribution in [0.25, 0.3) is 43.6 Å². The fourth-order valence-electron chi connectivity index (χ4n) is 24.5. The Morgan fingerprint density at radius 1 is 0.514 bits per heavy atom. The van der Waals surface area contributed by atoms with Crippen LogP contribution in [0, 0.1) is 61.2 Å². The minimum Gasteiger partial charge on any atom is -0.549 e. The molecule has 24 heteroatoms. The van der Waals surface area contributed by atoms with E-state index in [0.29, 0.717) is 53.6 Å². The van der Waals surface area contributed by atoms with Gasteiger partial charge in [0.2, 0.25) is 0 Å². The summed E-state index contributed by atoms with van der Waals surface area (Å²) in [5.74, 6) is 5.06. The van der Waals surface area contributed by atoms with Crippen LogP contribution in [0.5, 0.6) is 11.5 Å². The van der Waals surface area contributed by atoms with Crippen molar-refractivity contribution < 1.29 is 77.3 Å². The van der Waals surface area contributed by atoms with E-state index in [1.165, 1.54) is 107 Å². The van der Waals surface area contributed by atoms with Gasteiger partial charge in [-0.3, -0.25) is 24.4 Å². The number of carbonyl (C=O) groups excluding carboxylic acids is 3. The quantitative estimate of drug-likeness (QED) is 0.0431. The molecule has 4 aliphatic carbocycles. The number of aromatic nitrogens is 4. The van der Waals surface area contributed by atoms with Gasteiger partial charge in [0.1, 0.15) is 16.9 Å². The number of carboxylic acids is 2. The van der Waals surface area contributed by atoms with E-state index in [4.69, 9.17) is 4.74 Å². The van der Waals surface area contributed by atoms with Gasteiger partial charge in [-0.05, 0) is 233 Å². The Kier molecular flexibility index (Phi) is 26.5. The zero-order chi connectivity index (χ0) is 74.6. The second-order valence-corrected chi connectivity index (χ2v) is 40.7. The fraction of sp³-hybridized carbons (Fsp3) is 0.588. The van der Waals surface area contributed by atoms with Crippen LogP contribution in [0.15, 0.2) is 72.8 Å². The van der Waals surface area contributed by atoms with Gasteiger partial charge in [-0.15, -0.1) is 59.7 Å². The second kappa shape index (κ2) is 34.2. The summed E-state index contributed by atoms with van der Waals surface area (Å²) >= 11 is 13.2. The van der Waals surface area contributed by atoms with Gasteiger partial charge >= 0.3 is 46.9 Å². The molecule has 16 aliphatic rings. The van der Waals surface area contributed by atoms with E-state index in [9.17, 15) is 34.8 Å². The number of methoxy groups -OCH3 is 1. The number of phenolic OH excluding ortho intramolecular Hbond substituents is 2. The Bertz CT molecular complexity index is 4490. The van der Waals surface area contributed by atoms with Crippen LogP contribution in [-0.4, -0.2) is 160 Å². The van der Waals surface area contributed by atoms with Crippen molar-refractivity contribution in [3.8, 4) is 11.5 Å². The van der Waals surface area contributed by atoms with Crippen molar-refractivity contribution in [2.75, 3.05) is 65.2 Å². The van der Waals surface area contributed by atoms with Crippen LogP contribution in [0.2, 0.25) is 0 Å². The van der Waals surface area contributed by atoms with Gasteiger partial charge in [0.15, 0.2) is 0 Å². The molecule has 4 aromatic heterocycles. The third-order valence-electron chi connectivity index (χ3n) is 28.1. The van der Waals surface area contributed by atoms with Gasteiger partial charge in [0, 0.05) is 149 Å². The van der Waals surface area contributed by atoms with Crippen LogP contribution in [0.1, 0.15) is 180 Å². The summed E-state index contributed by atoms with van der Waals surface area (Å²) in [7, 11) is 1.56. The van der Waals surface area contributed by atoms with E-state index in [2.05, 4.69) is 184 Å². The van der Waals surface area contributed by atoms with Crippen molar-refractivity contribution in [3.63, 3.8) is 0 Å². The standard InChI is InChI=1S/C22H28N2O2.C21H26N2O2.C20H24N2O3.C19H24N2O.C3H8S.BBr3.ClH.2Li/c1-4-15-10-14-11-22(21(25)26-3)19-16(7-8-24(12-14)20(15)22)17-9-13(2)5-6-18(17)23-19;1-3-14-9-13-10-21(20(24)25)18-15(6-7-23(11-13)19(14)21)16-8-12(2)4-5-17(16)22-18;1-2-12-7-11-9-20(19(24)25)17-14(5-6-22(10-11)18(12)20)15-8-13(23)3-4-16(15)21-17;1-2-12-7-11-8-16-18-14(5-6-21(10-11)19(12)16)15-9-13(22)3-4-17(15)20-18;1-2-3-4;2-1(3)4;;;/h5-6,9,14-15,20,23H,4,7-8,10-12H2,1-3H3;4-5,8,13-14,19,22H,3,6-7,9-11H2,1-2H3,(H,24,25);3-4,8,11-12,18,21,23H,2,5-7,9-10H2,1H3,(H,24,25);3-4,9,11-12,16,19-20,22H,2,5-8,10H2,1H3;4H,2-3H2,1H3;;1H;;/q;;;;;;;2*+1/p-2/t14?,15-,20?,22-;13?,14-,19?,21-;11?,12-,18?,20-;11?,12-,16-,19?;;;;;/m0000...../s1. The van der Waals surface area contributed by atoms with E-state index >= 15 is 0 Å². The van der Waals surface area contributed by atoms with E-state index in [0.717, 1.165) is 172 Å². The number of aryl methyl sites for hydroxylation is 2. The maximum absolute atomic E-state index is 13.3. The zero-order valence-corrected chi connectivity index (χ0v) is 72.0. The number of aromatic hydroxyl groups is 2. The third-order valence-corrected chi connectivity index (χ3v) is 28.6. The maximum Gasteiger partial charge on any atom is 1.00 e. The average molecular weight is 1700 g/mol. The number of hydrogen-bond acceptors (Lipinski definition) is 13. The summed E-state index contributed by atoms with van der Waals surface area (Å²) in [5.41, 5.74) is 14.0. The minimum atomic E-state index is -0.956. The van der Waals surface area contributed by atoms with E-state index in [1.54, 1.807) is 25.3 Å². The zero-order valence-electron chi connectivity index (χ0n) is 65.5. The van der Waals surface area contributed by atoms with Crippen molar-refractivity contribution in [1.29, 1.82) is 0 Å². The van der Waals surface area contributed by atoms with Crippen LogP contribution in [0.3, 0.4) is 0 Å². The van der Waals surface area contributed by atoms with Crippen molar-refractivity contribution in [1.82, 2.24) is 39.5 Å². The number of carbonyl (C=O) groups is 3. The smallest absolute Gasteiger partial charge is 0.549 e. The Labute approximate surface area is 704 Å². The molecule has 16 heterocycles. The topological polar surface area (TPSA) is 223 Å². The Morgan fingerprint density at radius 2 is 0.853 bits per heavy atom. The molecule has 8 aromatic rings. The Hall–Kier alpha value is -3.77. The SMILES string of the molecule is BrB(Br)Br.CCCS.CC[C@H]1CC2CN3CCc4c([nH]c5ccc(C)cc45)[C@@](C(=O)OC)(C2)C13.CC[C@H]1CC2CN3CCc4c([nH]c5ccc(C)cc45)[C@@](C(=O)[O-])(C2)C13.CC[C@H]1CC2CN3CCc4c([nH]c5ccc(O)cc45)[C@@](C(=O)[O-])(C2)C13.CC[C@H]1CC2C[C@H]3c4[nH]c5ccc(O)cc5c4CCN(C2)C13.Cl.[Li+].[Li+]. The number of H-pyrrole nitrogens is 4. The first-order valence-corrected chi connectivity index (χ1v) is 43.4. The normalized spacial score (nSPS) is 32.9. The van der Waals surface area contributed by atoms with Crippen molar-refractivity contribution in [2.24, 2.45) is 47.3 Å². The molecule has 12 aliphatic heterocycles. The molecule has 0 amide bonds. The number of rotatable bonds is 8. The first-order valence-electron chi connectivity index (χ1n) is 40.0. The van der Waals surface area contributed by atoms with Gasteiger partial charge in [-0.1, -0.05) is 83.6 Å². The maximum atomic E-state index is 13.3. The number of aromatic amines is 4. The minimum absolute atomic E-state index is 0. The summed E-state index contributed by atoms with van der Waals surface area (Å²) in [6, 6.07) is 25.1. The third kappa shape index (κ3) is 14.7. The molecule has 20 atom stereocenters. The molecule has 576 valence electrons. The summed E-state index contributed by atoms with van der Waals surface area (Å²) in [6.45, 7) is 23.9. The average Bonchev–Trinajstić information content (AvgIpc) is 1.64. The molecule has 4 aromatic carbocycles. The molecule has 0 radical (unpaired) electrons. The van der Waals surface area contributed by atoms with Crippen molar-refractivity contribution >= 4 is 137 Å². The molecule has 16 bridgehead atoms. The van der Waals surface area contributed by atoms with Crippen LogP contribution in [0.4, 0.5) is 0 Å². The van der Waals surface area contributed by atoms with Crippen LogP contribution in [-0.2, 0) is 61.0 Å². The predicted octanol–water partition coefficient (Wildman–Crippen LogP) is 8.79. The molecule has 16 nitrogen and oxygen atoms in total. The number of aliphatic carboxylic acids is 2. The molecule has 0 spiro atoms. The predicted molar refractivity (Wildman–Crippen MR) is 442 cm³/mol. The van der Waals surface area contributed by atoms with Gasteiger partial charge in [0.25, 0.3) is 0 Å². The molecular weight excluding hydrogens is 1590 g/mol. The monoisotopic (exact) mass is 1700 g/mol. The molecule has 24 rings (SSSR count). The number of ether oxygens (including phenoxy) is 1. The molecule has 4 saturated carbocycles.